The van der Waals surface area contributed by atoms with Crippen molar-refractivity contribution in [3.05, 3.63) is 90.3 Å². The highest BCUT2D eigenvalue weighted by Crippen LogP contribution is 2.28. The minimum Gasteiger partial charge on any atom is -0.362 e. The number of aromatic nitrogens is 1. The summed E-state index contributed by atoms with van der Waals surface area (Å²) in [5.74, 6) is 0.00787. The van der Waals surface area contributed by atoms with Crippen molar-refractivity contribution in [1.29, 1.82) is 0 Å². The topological polar surface area (TPSA) is 45.7 Å². The number of benzene rings is 2. The second-order valence-corrected chi connectivity index (χ2v) is 8.36. The van der Waals surface area contributed by atoms with Crippen LogP contribution in [0.3, 0.4) is 0 Å². The molecule has 0 bridgehead atoms. The molecule has 1 amide bonds. The summed E-state index contributed by atoms with van der Waals surface area (Å²) in [6.07, 6.45) is 4.20. The zero-order valence-corrected chi connectivity index (χ0v) is 18.2. The number of morpholine rings is 1. The van der Waals surface area contributed by atoms with E-state index in [2.05, 4.69) is 52.3 Å². The first kappa shape index (κ1) is 21.2. The standard InChI is InChI=1S/C26H29N3O2/c1-28(2)25(30)26(20-29(14-15-31-26)19-22-9-7-13-27-18-22)17-21-8-6-12-24(16-21)23-10-4-3-5-11-23/h3-13,16,18H,14-15,17,19-20H2,1-2H3/t26-/m0/s1. The number of carbonyl (C=O) groups excluding carboxylic acids is 1. The first-order chi connectivity index (χ1) is 15.1. The van der Waals surface area contributed by atoms with Crippen molar-refractivity contribution < 1.29 is 9.53 Å². The van der Waals surface area contributed by atoms with Crippen LogP contribution < -0.4 is 0 Å². The Morgan fingerprint density at radius 1 is 1.03 bits per heavy atom. The maximum Gasteiger partial charge on any atom is 0.255 e. The van der Waals surface area contributed by atoms with Gasteiger partial charge in [0.05, 0.1) is 6.61 Å². The molecule has 1 aliphatic rings. The van der Waals surface area contributed by atoms with Gasteiger partial charge in [-0.15, -0.1) is 0 Å². The van der Waals surface area contributed by atoms with Gasteiger partial charge in [-0.1, -0.05) is 60.7 Å². The molecule has 0 spiro atoms. The van der Waals surface area contributed by atoms with E-state index in [-0.39, 0.29) is 5.91 Å². The summed E-state index contributed by atoms with van der Waals surface area (Å²) >= 11 is 0. The minimum atomic E-state index is -0.904. The Labute approximate surface area is 184 Å². The molecule has 1 fully saturated rings. The van der Waals surface area contributed by atoms with Gasteiger partial charge in [-0.3, -0.25) is 14.7 Å². The Morgan fingerprint density at radius 2 is 1.81 bits per heavy atom. The monoisotopic (exact) mass is 415 g/mol. The van der Waals surface area contributed by atoms with E-state index in [0.717, 1.165) is 29.8 Å². The molecule has 1 saturated heterocycles. The summed E-state index contributed by atoms with van der Waals surface area (Å²) in [5.41, 5.74) is 3.65. The predicted octanol–water partition coefficient (Wildman–Crippen LogP) is 3.65. The molecule has 1 aliphatic heterocycles. The lowest BCUT2D eigenvalue weighted by Gasteiger charge is -2.43. The van der Waals surface area contributed by atoms with Crippen LogP contribution in [0.2, 0.25) is 0 Å². The molecule has 0 unspecified atom stereocenters. The van der Waals surface area contributed by atoms with Crippen LogP contribution >= 0.6 is 0 Å². The molecule has 2 aromatic carbocycles. The van der Waals surface area contributed by atoms with Crippen molar-refractivity contribution in [2.45, 2.75) is 18.6 Å². The second-order valence-electron chi connectivity index (χ2n) is 8.36. The maximum absolute atomic E-state index is 13.3. The van der Waals surface area contributed by atoms with E-state index in [1.54, 1.807) is 25.2 Å². The Balaban J connectivity index is 1.60. The summed E-state index contributed by atoms with van der Waals surface area (Å²) in [7, 11) is 3.60. The van der Waals surface area contributed by atoms with E-state index in [1.807, 2.05) is 30.5 Å². The summed E-state index contributed by atoms with van der Waals surface area (Å²) in [5, 5.41) is 0. The van der Waals surface area contributed by atoms with Crippen LogP contribution in [0.4, 0.5) is 0 Å². The number of ether oxygens (including phenoxy) is 1. The van der Waals surface area contributed by atoms with Crippen molar-refractivity contribution in [2.75, 3.05) is 33.8 Å². The molecular weight excluding hydrogens is 386 g/mol. The molecule has 5 heteroatoms. The van der Waals surface area contributed by atoms with E-state index >= 15 is 0 Å². The molecule has 1 aromatic heterocycles. The highest BCUT2D eigenvalue weighted by atomic mass is 16.5. The van der Waals surface area contributed by atoms with Crippen molar-refractivity contribution in [3.63, 3.8) is 0 Å². The molecule has 0 radical (unpaired) electrons. The Bertz CT molecular complexity index is 1010. The third kappa shape index (κ3) is 5.01. The fourth-order valence-corrected chi connectivity index (χ4v) is 4.28. The zero-order chi connectivity index (χ0) is 21.7. The number of amides is 1. The van der Waals surface area contributed by atoms with Gasteiger partial charge in [-0.05, 0) is 28.3 Å². The highest BCUT2D eigenvalue weighted by molar-refractivity contribution is 5.86. The van der Waals surface area contributed by atoms with Crippen LogP contribution in [0.15, 0.2) is 79.1 Å². The van der Waals surface area contributed by atoms with Gasteiger partial charge in [0.15, 0.2) is 5.60 Å². The van der Waals surface area contributed by atoms with Gasteiger partial charge in [0.25, 0.3) is 5.91 Å². The van der Waals surface area contributed by atoms with Crippen LogP contribution in [0, 0.1) is 0 Å². The van der Waals surface area contributed by atoms with Crippen LogP contribution in [0.25, 0.3) is 11.1 Å². The van der Waals surface area contributed by atoms with Gasteiger partial charge in [0.2, 0.25) is 0 Å². The maximum atomic E-state index is 13.3. The summed E-state index contributed by atoms with van der Waals surface area (Å²) in [6, 6.07) is 22.7. The minimum absolute atomic E-state index is 0.00787. The van der Waals surface area contributed by atoms with Gasteiger partial charge in [0, 0.05) is 52.5 Å². The average molecular weight is 416 g/mol. The van der Waals surface area contributed by atoms with Crippen LogP contribution in [0.5, 0.6) is 0 Å². The lowest BCUT2D eigenvalue weighted by Crippen LogP contribution is -2.60. The molecule has 5 nitrogen and oxygen atoms in total. The van der Waals surface area contributed by atoms with Gasteiger partial charge in [-0.25, -0.2) is 0 Å². The molecule has 4 rings (SSSR count). The number of pyridine rings is 1. The third-order valence-electron chi connectivity index (χ3n) is 5.71. The number of carbonyl (C=O) groups is 1. The van der Waals surface area contributed by atoms with Gasteiger partial charge in [-0.2, -0.15) is 0 Å². The van der Waals surface area contributed by atoms with E-state index in [1.165, 1.54) is 5.56 Å². The highest BCUT2D eigenvalue weighted by Gasteiger charge is 2.44. The lowest BCUT2D eigenvalue weighted by molar-refractivity contribution is -0.169. The molecular formula is C26H29N3O2. The second kappa shape index (κ2) is 9.41. The molecule has 3 aromatic rings. The number of hydrogen-bond donors (Lipinski definition) is 0. The SMILES string of the molecule is CN(C)C(=O)[C@]1(Cc2cccc(-c3ccccc3)c2)CN(Cc2cccnc2)CCO1. The Morgan fingerprint density at radius 3 is 2.55 bits per heavy atom. The predicted molar refractivity (Wildman–Crippen MR) is 122 cm³/mol. The van der Waals surface area contributed by atoms with Crippen LogP contribution in [-0.2, 0) is 22.5 Å². The quantitative estimate of drug-likeness (QED) is 0.617. The smallest absolute Gasteiger partial charge is 0.255 e. The molecule has 0 saturated carbocycles. The average Bonchev–Trinajstić information content (AvgIpc) is 2.80. The Hall–Kier alpha value is -3.02. The third-order valence-corrected chi connectivity index (χ3v) is 5.71. The van der Waals surface area contributed by atoms with Gasteiger partial charge < -0.3 is 9.64 Å². The van der Waals surface area contributed by atoms with Crippen molar-refractivity contribution in [3.8, 4) is 11.1 Å². The number of nitrogens with zero attached hydrogens (tertiary/aromatic N) is 3. The first-order valence-electron chi connectivity index (χ1n) is 10.7. The lowest BCUT2D eigenvalue weighted by atomic mass is 9.89. The van der Waals surface area contributed by atoms with Crippen molar-refractivity contribution >= 4 is 5.91 Å². The summed E-state index contributed by atoms with van der Waals surface area (Å²) < 4.78 is 6.26. The van der Waals surface area contributed by atoms with Crippen LogP contribution in [0.1, 0.15) is 11.1 Å². The molecule has 0 N–H and O–H groups in total. The van der Waals surface area contributed by atoms with Crippen molar-refractivity contribution in [2.24, 2.45) is 0 Å². The summed E-state index contributed by atoms with van der Waals surface area (Å²) in [4.78, 5) is 21.5. The van der Waals surface area contributed by atoms with E-state index in [9.17, 15) is 4.79 Å². The zero-order valence-electron chi connectivity index (χ0n) is 18.2. The van der Waals surface area contributed by atoms with E-state index in [0.29, 0.717) is 19.6 Å². The summed E-state index contributed by atoms with van der Waals surface area (Å²) in [6.45, 7) is 2.62. The molecule has 31 heavy (non-hydrogen) atoms. The fourth-order valence-electron chi connectivity index (χ4n) is 4.28. The van der Waals surface area contributed by atoms with Gasteiger partial charge in [0.1, 0.15) is 0 Å². The molecule has 0 aliphatic carbocycles. The number of hydrogen-bond acceptors (Lipinski definition) is 4. The first-order valence-corrected chi connectivity index (χ1v) is 10.7. The largest absolute Gasteiger partial charge is 0.362 e. The normalized spacial score (nSPS) is 19.2. The molecule has 1 atom stereocenters. The van der Waals surface area contributed by atoms with E-state index < -0.39 is 5.60 Å². The number of likely N-dealkylation sites (N-methyl/N-ethyl adjacent to an activating group) is 1. The molecule has 160 valence electrons. The fraction of sp³-hybridized carbons (Fsp3) is 0.308. The van der Waals surface area contributed by atoms with Gasteiger partial charge >= 0.3 is 0 Å². The Kier molecular flexibility index (Phi) is 6.44. The van der Waals surface area contributed by atoms with Crippen LogP contribution in [-0.4, -0.2) is 60.1 Å². The molecule has 2 heterocycles. The number of rotatable bonds is 6. The van der Waals surface area contributed by atoms with E-state index in [4.69, 9.17) is 4.74 Å². The van der Waals surface area contributed by atoms with Crippen molar-refractivity contribution in [1.82, 2.24) is 14.8 Å².